The number of hydrogen-bond acceptors (Lipinski definition) is 2. The van der Waals surface area contributed by atoms with E-state index in [0.717, 1.165) is 30.7 Å². The van der Waals surface area contributed by atoms with Crippen LogP contribution in [0.4, 0.5) is 0 Å². The summed E-state index contributed by atoms with van der Waals surface area (Å²) in [5, 5.41) is 2.95. The second kappa shape index (κ2) is 14.8. The van der Waals surface area contributed by atoms with Crippen molar-refractivity contribution in [3.05, 3.63) is 12.2 Å². The maximum atomic E-state index is 11.1. The van der Waals surface area contributed by atoms with E-state index in [9.17, 15) is 4.79 Å². The van der Waals surface area contributed by atoms with Crippen LogP contribution in [0, 0.1) is 0 Å². The zero-order valence-corrected chi connectivity index (χ0v) is 18.2. The van der Waals surface area contributed by atoms with Gasteiger partial charge in [-0.1, -0.05) is 51.2 Å². The molecule has 0 aromatic carbocycles. The van der Waals surface area contributed by atoms with Crippen LogP contribution in [0.3, 0.4) is 0 Å². The molecule has 0 saturated heterocycles. The Balaban J connectivity index is 2.11. The van der Waals surface area contributed by atoms with Gasteiger partial charge in [-0.25, -0.2) is 4.99 Å². The van der Waals surface area contributed by atoms with Crippen molar-refractivity contribution in [1.82, 2.24) is 5.32 Å². The van der Waals surface area contributed by atoms with Gasteiger partial charge >= 0.3 is 0 Å². The van der Waals surface area contributed by atoms with E-state index in [1.807, 2.05) is 0 Å². The van der Waals surface area contributed by atoms with Crippen molar-refractivity contribution in [3.8, 4) is 0 Å². The molecule has 2 unspecified atom stereocenters. The Morgan fingerprint density at radius 1 is 1.07 bits per heavy atom. The monoisotopic (exact) mass is 378 g/mol. The molecule has 1 heterocycles. The molecule has 0 aliphatic carbocycles. The van der Waals surface area contributed by atoms with E-state index in [2.05, 4.69) is 37.5 Å². The molecule has 0 saturated carbocycles. The van der Waals surface area contributed by atoms with Crippen LogP contribution in [-0.2, 0) is 4.79 Å². The van der Waals surface area contributed by atoms with Gasteiger partial charge in [0.2, 0.25) is 5.91 Å². The average Bonchev–Trinajstić information content (AvgIpc) is 3.05. The summed E-state index contributed by atoms with van der Waals surface area (Å²) in [5.41, 5.74) is 0. The fraction of sp³-hybridized carbons (Fsp3) is 0.826. The highest BCUT2D eigenvalue weighted by Gasteiger charge is 2.37. The van der Waals surface area contributed by atoms with Gasteiger partial charge < -0.3 is 5.32 Å². The van der Waals surface area contributed by atoms with E-state index in [4.69, 9.17) is 4.99 Å². The largest absolute Gasteiger partial charge is 0.351 e. The van der Waals surface area contributed by atoms with Crippen LogP contribution in [0.2, 0.25) is 0 Å². The highest BCUT2D eigenvalue weighted by molar-refractivity contribution is 5.72. The van der Waals surface area contributed by atoms with Gasteiger partial charge in [0.05, 0.1) is 25.8 Å². The zero-order chi connectivity index (χ0) is 19.8. The van der Waals surface area contributed by atoms with Crippen LogP contribution >= 0.6 is 0 Å². The number of rotatable bonds is 16. The van der Waals surface area contributed by atoms with Gasteiger partial charge in [0, 0.05) is 13.3 Å². The molecule has 1 amide bonds. The lowest BCUT2D eigenvalue weighted by molar-refractivity contribution is -0.935. The van der Waals surface area contributed by atoms with Gasteiger partial charge in [0.15, 0.2) is 6.17 Å². The quantitative estimate of drug-likeness (QED) is 0.223. The summed E-state index contributed by atoms with van der Waals surface area (Å²) in [6, 6.07) is 0. The van der Waals surface area contributed by atoms with Crippen molar-refractivity contribution in [2.24, 2.45) is 4.99 Å². The Morgan fingerprint density at radius 3 is 2.37 bits per heavy atom. The minimum atomic E-state index is 0.0657. The first-order valence-electron chi connectivity index (χ1n) is 11.4. The molecule has 1 aliphatic rings. The van der Waals surface area contributed by atoms with Gasteiger partial charge in [0.25, 0.3) is 0 Å². The van der Waals surface area contributed by atoms with Crippen LogP contribution in [-0.4, -0.2) is 48.9 Å². The number of hydrogen-bond donors (Lipinski definition) is 1. The third-order valence-electron chi connectivity index (χ3n) is 5.89. The minimum absolute atomic E-state index is 0.0657. The topological polar surface area (TPSA) is 41.5 Å². The Hall–Kier alpha value is -1.16. The summed E-state index contributed by atoms with van der Waals surface area (Å²) in [6.07, 6.45) is 21.6. The Bertz CT molecular complexity index is 447. The first kappa shape index (κ1) is 23.9. The number of nitrogens with zero attached hydrogens (tertiary/aromatic N) is 2. The standard InChI is InChI=1S/C23H43N3O/c1-4-6-7-8-9-10-11-12-13-14-15-16-17-23-25-19-21-26(23,5-2)20-18-24-22(3)27/h10-11,19,23H,4-9,12-18,20-21H2,1-3H3/p+1/b11-10+. The Morgan fingerprint density at radius 2 is 1.74 bits per heavy atom. The third kappa shape index (κ3) is 10.1. The number of nitrogens with one attached hydrogen (secondary N) is 1. The van der Waals surface area contributed by atoms with Crippen molar-refractivity contribution >= 4 is 12.1 Å². The number of quaternary nitrogens is 1. The van der Waals surface area contributed by atoms with E-state index in [1.54, 1.807) is 6.92 Å². The van der Waals surface area contributed by atoms with Crippen LogP contribution in [0.5, 0.6) is 0 Å². The molecule has 0 aromatic heterocycles. The van der Waals surface area contributed by atoms with Crippen molar-refractivity contribution < 1.29 is 9.28 Å². The lowest BCUT2D eigenvalue weighted by Crippen LogP contribution is -2.55. The number of amides is 1. The maximum absolute atomic E-state index is 11.1. The van der Waals surface area contributed by atoms with Gasteiger partial charge in [-0.05, 0) is 39.0 Å². The Labute approximate surface area is 168 Å². The molecular formula is C23H44N3O+. The van der Waals surface area contributed by atoms with E-state index < -0.39 is 0 Å². The fourth-order valence-corrected chi connectivity index (χ4v) is 4.00. The molecule has 0 spiro atoms. The van der Waals surface area contributed by atoms with Gasteiger partial charge in [0.1, 0.15) is 6.54 Å². The second-order valence-electron chi connectivity index (χ2n) is 8.05. The van der Waals surface area contributed by atoms with Crippen molar-refractivity contribution in [3.63, 3.8) is 0 Å². The summed E-state index contributed by atoms with van der Waals surface area (Å²) in [4.78, 5) is 15.9. The van der Waals surface area contributed by atoms with Crippen LogP contribution < -0.4 is 5.32 Å². The van der Waals surface area contributed by atoms with Crippen LogP contribution in [0.1, 0.15) is 91.4 Å². The second-order valence-corrected chi connectivity index (χ2v) is 8.05. The number of allylic oxidation sites excluding steroid dienone is 2. The Kier molecular flexibility index (Phi) is 13.1. The van der Waals surface area contributed by atoms with Crippen molar-refractivity contribution in [1.29, 1.82) is 0 Å². The highest BCUT2D eigenvalue weighted by atomic mass is 16.1. The SMILES string of the molecule is CCCCCC/C=C/CCCCCCC1N=CC[N+]1(CC)CCNC(C)=O. The number of unbranched alkanes of at least 4 members (excludes halogenated alkanes) is 8. The van der Waals surface area contributed by atoms with E-state index in [0.29, 0.717) is 6.17 Å². The molecule has 1 rings (SSSR count). The van der Waals surface area contributed by atoms with E-state index >= 15 is 0 Å². The van der Waals surface area contributed by atoms with Crippen molar-refractivity contribution in [2.45, 2.75) is 97.6 Å². The molecule has 0 radical (unpaired) electrons. The summed E-state index contributed by atoms with van der Waals surface area (Å²) >= 11 is 0. The number of likely N-dealkylation sites (N-methyl/N-ethyl adjacent to an activating group) is 1. The molecule has 156 valence electrons. The lowest BCUT2D eigenvalue weighted by atomic mass is 10.1. The molecule has 4 heteroatoms. The van der Waals surface area contributed by atoms with Crippen LogP contribution in [0.25, 0.3) is 0 Å². The van der Waals surface area contributed by atoms with Crippen molar-refractivity contribution in [2.75, 3.05) is 26.2 Å². The molecule has 0 bridgehead atoms. The molecule has 4 nitrogen and oxygen atoms in total. The zero-order valence-electron chi connectivity index (χ0n) is 18.2. The third-order valence-corrected chi connectivity index (χ3v) is 5.89. The van der Waals surface area contributed by atoms with Gasteiger partial charge in [-0.15, -0.1) is 0 Å². The molecular weight excluding hydrogens is 334 g/mol. The molecule has 27 heavy (non-hydrogen) atoms. The molecule has 1 aliphatic heterocycles. The molecule has 1 N–H and O–H groups in total. The summed E-state index contributed by atoms with van der Waals surface area (Å²) in [6.45, 7) is 9.97. The fourth-order valence-electron chi connectivity index (χ4n) is 4.00. The normalized spacial score (nSPS) is 22.0. The maximum Gasteiger partial charge on any atom is 0.217 e. The predicted octanol–water partition coefficient (Wildman–Crippen LogP) is 5.24. The summed E-state index contributed by atoms with van der Waals surface area (Å²) < 4.78 is 1.01. The highest BCUT2D eigenvalue weighted by Crippen LogP contribution is 2.24. The molecule has 0 fully saturated rings. The first-order chi connectivity index (χ1) is 13.1. The van der Waals surface area contributed by atoms with E-state index in [1.165, 1.54) is 70.6 Å². The lowest BCUT2D eigenvalue weighted by Gasteiger charge is -2.38. The molecule has 0 aromatic rings. The van der Waals surface area contributed by atoms with Gasteiger partial charge in [-0.2, -0.15) is 0 Å². The minimum Gasteiger partial charge on any atom is -0.351 e. The predicted molar refractivity (Wildman–Crippen MR) is 117 cm³/mol. The van der Waals surface area contributed by atoms with E-state index in [-0.39, 0.29) is 5.91 Å². The number of carbonyl (C=O) groups excluding carboxylic acids is 1. The van der Waals surface area contributed by atoms with Crippen LogP contribution in [0.15, 0.2) is 17.1 Å². The van der Waals surface area contributed by atoms with Gasteiger partial charge in [-0.3, -0.25) is 9.28 Å². The number of carbonyl (C=O) groups is 1. The summed E-state index contributed by atoms with van der Waals surface area (Å²) in [5.74, 6) is 0.0657. The molecule has 2 atom stereocenters. The first-order valence-corrected chi connectivity index (χ1v) is 11.4. The smallest absolute Gasteiger partial charge is 0.217 e. The average molecular weight is 379 g/mol. The number of aliphatic imine (C=N–C) groups is 1. The summed E-state index contributed by atoms with van der Waals surface area (Å²) in [7, 11) is 0.